The van der Waals surface area contributed by atoms with E-state index < -0.39 is 0 Å². The van der Waals surface area contributed by atoms with E-state index in [0.29, 0.717) is 11.5 Å². The zero-order valence-electron chi connectivity index (χ0n) is 18.3. The number of rotatable bonds is 8. The Morgan fingerprint density at radius 2 is 2.10 bits per heavy atom. The SMILES string of the molecule is CCN(C)SONc1cc(-c2cc(OC)c(=O)n(C)c2)c2oc(C3CCCC3)nc2c1. The highest BCUT2D eigenvalue weighted by Crippen LogP contribution is 2.39. The Hall–Kier alpha value is -2.49. The third-order valence-corrected chi connectivity index (χ3v) is 6.33. The normalized spacial score (nSPS) is 14.6. The Bertz CT molecular complexity index is 1120. The van der Waals surface area contributed by atoms with Crippen molar-refractivity contribution in [2.24, 2.45) is 7.05 Å². The second-order valence-corrected chi connectivity index (χ2v) is 8.76. The summed E-state index contributed by atoms with van der Waals surface area (Å²) in [6.07, 6.45) is 6.39. The first-order valence-corrected chi connectivity index (χ1v) is 11.2. The molecule has 31 heavy (non-hydrogen) atoms. The molecule has 8 nitrogen and oxygen atoms in total. The van der Waals surface area contributed by atoms with Gasteiger partial charge in [0, 0.05) is 36.8 Å². The van der Waals surface area contributed by atoms with Crippen molar-refractivity contribution in [3.8, 4) is 16.9 Å². The molecule has 1 N–H and O–H groups in total. The van der Waals surface area contributed by atoms with Gasteiger partial charge in [0.15, 0.2) is 17.2 Å². The molecule has 1 saturated carbocycles. The molecule has 0 radical (unpaired) electrons. The van der Waals surface area contributed by atoms with Crippen LogP contribution in [-0.4, -0.2) is 34.6 Å². The predicted octanol–water partition coefficient (Wildman–Crippen LogP) is 4.72. The zero-order chi connectivity index (χ0) is 22.0. The van der Waals surface area contributed by atoms with Gasteiger partial charge in [0.25, 0.3) is 5.56 Å². The molecule has 166 valence electrons. The summed E-state index contributed by atoms with van der Waals surface area (Å²) in [4.78, 5) is 17.1. The molecule has 1 aliphatic rings. The van der Waals surface area contributed by atoms with Gasteiger partial charge in [-0.3, -0.25) is 10.3 Å². The molecule has 0 aliphatic heterocycles. The minimum atomic E-state index is -0.191. The van der Waals surface area contributed by atoms with Crippen molar-refractivity contribution >= 4 is 29.0 Å². The first kappa shape index (κ1) is 21.7. The van der Waals surface area contributed by atoms with E-state index in [1.54, 1.807) is 19.3 Å². The van der Waals surface area contributed by atoms with E-state index in [1.165, 1.54) is 36.7 Å². The molecule has 3 aromatic rings. The maximum Gasteiger partial charge on any atom is 0.292 e. The highest BCUT2D eigenvalue weighted by molar-refractivity contribution is 7.92. The second-order valence-electron chi connectivity index (χ2n) is 7.82. The number of ether oxygens (including phenoxy) is 1. The van der Waals surface area contributed by atoms with Crippen molar-refractivity contribution in [2.45, 2.75) is 38.5 Å². The molecular weight excluding hydrogens is 416 g/mol. The number of oxazole rings is 1. The number of pyridine rings is 1. The van der Waals surface area contributed by atoms with E-state index in [9.17, 15) is 4.79 Å². The zero-order valence-corrected chi connectivity index (χ0v) is 19.1. The summed E-state index contributed by atoms with van der Waals surface area (Å²) in [5, 5.41) is 0. The van der Waals surface area contributed by atoms with Crippen LogP contribution in [-0.2, 0) is 11.3 Å². The van der Waals surface area contributed by atoms with Gasteiger partial charge >= 0.3 is 0 Å². The van der Waals surface area contributed by atoms with Gasteiger partial charge in [-0.1, -0.05) is 19.8 Å². The third-order valence-electron chi connectivity index (χ3n) is 5.66. The number of fused-ring (bicyclic) bond motifs is 1. The molecule has 1 aliphatic carbocycles. The van der Waals surface area contributed by atoms with Crippen LogP contribution in [0.15, 0.2) is 33.6 Å². The number of nitrogens with zero attached hydrogens (tertiary/aromatic N) is 3. The Labute approximate surface area is 185 Å². The maximum atomic E-state index is 12.3. The molecule has 2 heterocycles. The molecule has 1 fully saturated rings. The van der Waals surface area contributed by atoms with Gasteiger partial charge < -0.3 is 13.7 Å². The Morgan fingerprint density at radius 3 is 2.81 bits per heavy atom. The van der Waals surface area contributed by atoms with E-state index in [1.807, 2.05) is 30.4 Å². The van der Waals surface area contributed by atoms with Crippen molar-refractivity contribution in [1.82, 2.24) is 13.9 Å². The van der Waals surface area contributed by atoms with Gasteiger partial charge in [-0.2, -0.15) is 4.28 Å². The second kappa shape index (κ2) is 9.33. The number of benzene rings is 1. The Balaban J connectivity index is 1.79. The van der Waals surface area contributed by atoms with E-state index in [-0.39, 0.29) is 11.3 Å². The number of nitrogens with one attached hydrogen (secondary N) is 1. The summed E-state index contributed by atoms with van der Waals surface area (Å²) in [5.41, 5.74) is 6.63. The summed E-state index contributed by atoms with van der Waals surface area (Å²) >= 11 is 1.23. The number of anilines is 1. The number of hydrogen-bond acceptors (Lipinski definition) is 8. The van der Waals surface area contributed by atoms with Gasteiger partial charge in [-0.25, -0.2) is 9.29 Å². The Morgan fingerprint density at radius 1 is 1.32 bits per heavy atom. The molecule has 0 bridgehead atoms. The lowest BCUT2D eigenvalue weighted by molar-refractivity contribution is 0.405. The van der Waals surface area contributed by atoms with Crippen LogP contribution in [0.5, 0.6) is 5.75 Å². The highest BCUT2D eigenvalue weighted by atomic mass is 32.2. The van der Waals surface area contributed by atoms with Gasteiger partial charge in [0.1, 0.15) is 17.7 Å². The minimum absolute atomic E-state index is 0.191. The van der Waals surface area contributed by atoms with E-state index >= 15 is 0 Å². The van der Waals surface area contributed by atoms with Crippen LogP contribution in [0.4, 0.5) is 5.69 Å². The number of aryl methyl sites for hydroxylation is 1. The summed E-state index contributed by atoms with van der Waals surface area (Å²) in [5.74, 6) is 1.42. The van der Waals surface area contributed by atoms with E-state index in [0.717, 1.165) is 47.6 Å². The average molecular weight is 445 g/mol. The first-order chi connectivity index (χ1) is 15.0. The largest absolute Gasteiger partial charge is 0.491 e. The maximum absolute atomic E-state index is 12.3. The molecule has 9 heteroatoms. The fourth-order valence-electron chi connectivity index (χ4n) is 3.83. The lowest BCUT2D eigenvalue weighted by Crippen LogP contribution is -2.17. The fourth-order valence-corrected chi connectivity index (χ4v) is 4.19. The fraction of sp³-hybridized carbons (Fsp3) is 0.455. The monoisotopic (exact) mass is 444 g/mol. The van der Waals surface area contributed by atoms with Crippen LogP contribution >= 0.6 is 12.2 Å². The molecule has 2 aromatic heterocycles. The first-order valence-electron chi connectivity index (χ1n) is 10.5. The van der Waals surface area contributed by atoms with Crippen LogP contribution < -0.4 is 15.8 Å². The summed E-state index contributed by atoms with van der Waals surface area (Å²) < 4.78 is 20.6. The van der Waals surface area contributed by atoms with Crippen LogP contribution in [0.3, 0.4) is 0 Å². The molecule has 4 rings (SSSR count). The van der Waals surface area contributed by atoms with Crippen molar-refractivity contribution in [2.75, 3.05) is 26.2 Å². The number of hydrogen-bond donors (Lipinski definition) is 1. The van der Waals surface area contributed by atoms with Crippen molar-refractivity contribution in [1.29, 1.82) is 0 Å². The van der Waals surface area contributed by atoms with Gasteiger partial charge in [-0.05, 0) is 38.1 Å². The minimum Gasteiger partial charge on any atom is -0.491 e. The third kappa shape index (κ3) is 4.58. The summed E-state index contributed by atoms with van der Waals surface area (Å²) in [7, 11) is 5.15. The lowest BCUT2D eigenvalue weighted by atomic mass is 10.1. The van der Waals surface area contributed by atoms with Crippen LogP contribution in [0, 0.1) is 0 Å². The quantitative estimate of drug-likeness (QED) is 0.304. The Kier molecular flexibility index (Phi) is 6.54. The number of aromatic nitrogens is 2. The predicted molar refractivity (Wildman–Crippen MR) is 123 cm³/mol. The topological polar surface area (TPSA) is 81.8 Å². The molecule has 0 unspecified atom stereocenters. The standard InChI is InChI=1S/C22H28N4O4S/c1-5-26(3)31-30-24-16-11-17(15-10-19(28-4)22(27)25(2)13-15)20-18(12-16)23-21(29-20)14-8-6-7-9-14/h10-14,24H,5-9H2,1-4H3. The highest BCUT2D eigenvalue weighted by Gasteiger charge is 2.24. The molecular formula is C22H28N4O4S. The van der Waals surface area contributed by atoms with Gasteiger partial charge in [-0.15, -0.1) is 0 Å². The van der Waals surface area contributed by atoms with E-state index in [4.69, 9.17) is 18.4 Å². The van der Waals surface area contributed by atoms with Crippen LogP contribution in [0.25, 0.3) is 22.2 Å². The molecule has 1 aromatic carbocycles. The molecule has 0 amide bonds. The summed E-state index contributed by atoms with van der Waals surface area (Å²) in [6, 6.07) is 5.60. The van der Waals surface area contributed by atoms with Crippen molar-refractivity contribution < 1.29 is 13.4 Å². The van der Waals surface area contributed by atoms with Gasteiger partial charge in [0.2, 0.25) is 0 Å². The lowest BCUT2D eigenvalue weighted by Gasteiger charge is -2.13. The average Bonchev–Trinajstić information content (AvgIpc) is 3.44. The number of methoxy groups -OCH3 is 1. The summed E-state index contributed by atoms with van der Waals surface area (Å²) in [6.45, 7) is 2.90. The molecule has 0 saturated heterocycles. The van der Waals surface area contributed by atoms with Crippen LogP contribution in [0.1, 0.15) is 44.4 Å². The smallest absolute Gasteiger partial charge is 0.292 e. The molecule has 0 atom stereocenters. The van der Waals surface area contributed by atoms with Gasteiger partial charge in [0.05, 0.1) is 12.8 Å². The van der Waals surface area contributed by atoms with E-state index in [2.05, 4.69) is 5.48 Å². The van der Waals surface area contributed by atoms with Crippen molar-refractivity contribution in [3.05, 3.63) is 40.6 Å². The van der Waals surface area contributed by atoms with Crippen LogP contribution in [0.2, 0.25) is 0 Å². The molecule has 0 spiro atoms. The van der Waals surface area contributed by atoms with Crippen molar-refractivity contribution in [3.63, 3.8) is 0 Å².